The third-order valence-electron chi connectivity index (χ3n) is 5.50. The maximum atomic E-state index is 5.45. The van der Waals surface area contributed by atoms with E-state index in [1.54, 1.807) is 14.2 Å². The highest BCUT2D eigenvalue weighted by atomic mass is 16.5. The molecule has 1 aromatic carbocycles. The van der Waals surface area contributed by atoms with Gasteiger partial charge in [-0.15, -0.1) is 0 Å². The summed E-state index contributed by atoms with van der Waals surface area (Å²) in [4.78, 5) is 9.80. The van der Waals surface area contributed by atoms with E-state index >= 15 is 0 Å². The smallest absolute Gasteiger partial charge is 0.191 e. The van der Waals surface area contributed by atoms with Gasteiger partial charge in [-0.25, -0.2) is 0 Å². The molecule has 0 amide bonds. The topological polar surface area (TPSA) is 61.4 Å². The van der Waals surface area contributed by atoms with Crippen molar-refractivity contribution in [3.63, 3.8) is 0 Å². The zero-order valence-corrected chi connectivity index (χ0v) is 19.3. The van der Waals surface area contributed by atoms with E-state index in [-0.39, 0.29) is 6.04 Å². The van der Waals surface area contributed by atoms with Crippen LogP contribution in [-0.2, 0) is 4.74 Å². The number of aliphatic imine (C=N–C) groups is 1. The minimum absolute atomic E-state index is 0.273. The molecule has 7 heteroatoms. The number of hydrogen-bond donors (Lipinski definition) is 2. The molecule has 0 radical (unpaired) electrons. The minimum atomic E-state index is 0.273. The molecule has 1 saturated heterocycles. The summed E-state index contributed by atoms with van der Waals surface area (Å²) >= 11 is 0. The Morgan fingerprint density at radius 3 is 2.70 bits per heavy atom. The van der Waals surface area contributed by atoms with Gasteiger partial charge in [0.15, 0.2) is 5.96 Å². The number of nitrogens with one attached hydrogen (secondary N) is 2. The maximum Gasteiger partial charge on any atom is 0.191 e. The van der Waals surface area contributed by atoms with E-state index in [1.165, 1.54) is 18.4 Å². The second-order valence-electron chi connectivity index (χ2n) is 7.83. The number of ether oxygens (including phenoxy) is 2. The standard InChI is InChI=1S/C23H41N5O2/c1-5-24-23(25-12-16-27(2)13-9-17-29-3)26-19-22(28-14-6-7-15-28)20-10-8-11-21(18-20)30-4/h8,10-11,18,22H,5-7,9,12-17,19H2,1-4H3,(H2,24,25,26). The Hall–Kier alpha value is -1.83. The maximum absolute atomic E-state index is 5.45. The van der Waals surface area contributed by atoms with Gasteiger partial charge in [-0.2, -0.15) is 0 Å². The second-order valence-corrected chi connectivity index (χ2v) is 7.83. The van der Waals surface area contributed by atoms with Gasteiger partial charge in [-0.3, -0.25) is 9.89 Å². The zero-order chi connectivity index (χ0) is 21.6. The summed E-state index contributed by atoms with van der Waals surface area (Å²) in [5.74, 6) is 1.79. The van der Waals surface area contributed by atoms with Crippen LogP contribution >= 0.6 is 0 Å². The van der Waals surface area contributed by atoms with E-state index < -0.39 is 0 Å². The van der Waals surface area contributed by atoms with Gasteiger partial charge < -0.3 is 25.0 Å². The minimum Gasteiger partial charge on any atom is -0.497 e. The summed E-state index contributed by atoms with van der Waals surface area (Å²) in [6.45, 7) is 9.63. The van der Waals surface area contributed by atoms with Crippen molar-refractivity contribution in [2.75, 3.05) is 73.7 Å². The van der Waals surface area contributed by atoms with Crippen LogP contribution in [0.25, 0.3) is 0 Å². The molecule has 1 atom stereocenters. The summed E-state index contributed by atoms with van der Waals surface area (Å²) in [5, 5.41) is 6.87. The van der Waals surface area contributed by atoms with E-state index in [0.717, 1.165) is 70.6 Å². The van der Waals surface area contributed by atoms with Crippen LogP contribution in [-0.4, -0.2) is 89.4 Å². The van der Waals surface area contributed by atoms with Gasteiger partial charge in [-0.05, 0) is 64.0 Å². The van der Waals surface area contributed by atoms with Gasteiger partial charge in [-0.1, -0.05) is 12.1 Å². The number of likely N-dealkylation sites (N-methyl/N-ethyl adjacent to an activating group) is 1. The third-order valence-corrected chi connectivity index (χ3v) is 5.50. The lowest BCUT2D eigenvalue weighted by Gasteiger charge is -2.27. The van der Waals surface area contributed by atoms with Crippen LogP contribution < -0.4 is 15.4 Å². The molecule has 0 aliphatic carbocycles. The van der Waals surface area contributed by atoms with Crippen molar-refractivity contribution >= 4 is 5.96 Å². The van der Waals surface area contributed by atoms with Gasteiger partial charge in [0.2, 0.25) is 0 Å². The number of benzene rings is 1. The molecule has 0 bridgehead atoms. The largest absolute Gasteiger partial charge is 0.497 e. The van der Waals surface area contributed by atoms with Gasteiger partial charge in [0, 0.05) is 39.9 Å². The molecule has 1 unspecified atom stereocenters. The molecular weight excluding hydrogens is 378 g/mol. The van der Waals surface area contributed by atoms with Crippen molar-refractivity contribution in [3.8, 4) is 5.75 Å². The zero-order valence-electron chi connectivity index (χ0n) is 19.3. The van der Waals surface area contributed by atoms with Gasteiger partial charge in [0.05, 0.1) is 19.7 Å². The molecule has 30 heavy (non-hydrogen) atoms. The molecule has 0 spiro atoms. The number of methoxy groups -OCH3 is 2. The Labute approximate surface area is 182 Å². The molecule has 1 fully saturated rings. The molecule has 1 aromatic rings. The van der Waals surface area contributed by atoms with E-state index in [4.69, 9.17) is 14.5 Å². The van der Waals surface area contributed by atoms with E-state index in [2.05, 4.69) is 52.6 Å². The normalized spacial score (nSPS) is 16.1. The van der Waals surface area contributed by atoms with Crippen molar-refractivity contribution in [1.29, 1.82) is 0 Å². The summed E-state index contributed by atoms with van der Waals surface area (Å²) in [6.07, 6.45) is 3.58. The number of likely N-dealkylation sites (tertiary alicyclic amines) is 1. The Morgan fingerprint density at radius 1 is 1.20 bits per heavy atom. The number of guanidine groups is 1. The van der Waals surface area contributed by atoms with Crippen LogP contribution in [0.3, 0.4) is 0 Å². The Bertz CT molecular complexity index is 619. The lowest BCUT2D eigenvalue weighted by Crippen LogP contribution is -2.41. The molecule has 1 heterocycles. The van der Waals surface area contributed by atoms with Gasteiger partial charge in [0.25, 0.3) is 0 Å². The molecule has 1 aliphatic heterocycles. The van der Waals surface area contributed by atoms with Crippen molar-refractivity contribution in [2.24, 2.45) is 4.99 Å². The Morgan fingerprint density at radius 2 is 2.00 bits per heavy atom. The van der Waals surface area contributed by atoms with Gasteiger partial charge in [0.1, 0.15) is 5.75 Å². The SMILES string of the molecule is CCNC(=NCC(c1cccc(OC)c1)N1CCCC1)NCCN(C)CCCOC. The van der Waals surface area contributed by atoms with Crippen LogP contribution in [0, 0.1) is 0 Å². The van der Waals surface area contributed by atoms with Crippen LogP contribution in [0.5, 0.6) is 5.75 Å². The summed E-state index contributed by atoms with van der Waals surface area (Å²) in [6, 6.07) is 8.69. The van der Waals surface area contributed by atoms with Crippen molar-refractivity contribution in [3.05, 3.63) is 29.8 Å². The Kier molecular flexibility index (Phi) is 11.6. The fraction of sp³-hybridized carbons (Fsp3) is 0.696. The van der Waals surface area contributed by atoms with Crippen molar-refractivity contribution in [1.82, 2.24) is 20.4 Å². The monoisotopic (exact) mass is 419 g/mol. The molecule has 170 valence electrons. The van der Waals surface area contributed by atoms with Gasteiger partial charge >= 0.3 is 0 Å². The number of nitrogens with zero attached hydrogens (tertiary/aromatic N) is 3. The summed E-state index contributed by atoms with van der Waals surface area (Å²) in [7, 11) is 5.62. The molecule has 0 saturated carbocycles. The number of hydrogen-bond acceptors (Lipinski definition) is 5. The lowest BCUT2D eigenvalue weighted by molar-refractivity contribution is 0.180. The highest BCUT2D eigenvalue weighted by Crippen LogP contribution is 2.27. The lowest BCUT2D eigenvalue weighted by atomic mass is 10.1. The number of rotatable bonds is 13. The average Bonchev–Trinajstić information content (AvgIpc) is 3.29. The first-order chi connectivity index (χ1) is 14.7. The van der Waals surface area contributed by atoms with E-state index in [1.807, 2.05) is 6.07 Å². The first-order valence-electron chi connectivity index (χ1n) is 11.3. The predicted octanol–water partition coefficient (Wildman–Crippen LogP) is 2.36. The van der Waals surface area contributed by atoms with Crippen LogP contribution in [0.1, 0.15) is 37.8 Å². The first kappa shape index (κ1) is 24.4. The highest BCUT2D eigenvalue weighted by molar-refractivity contribution is 5.79. The van der Waals surface area contributed by atoms with Crippen LogP contribution in [0.15, 0.2) is 29.3 Å². The molecule has 2 N–H and O–H groups in total. The average molecular weight is 420 g/mol. The fourth-order valence-electron chi connectivity index (χ4n) is 3.81. The second kappa shape index (κ2) is 14.2. The van der Waals surface area contributed by atoms with Crippen molar-refractivity contribution in [2.45, 2.75) is 32.2 Å². The van der Waals surface area contributed by atoms with Crippen molar-refractivity contribution < 1.29 is 9.47 Å². The fourth-order valence-corrected chi connectivity index (χ4v) is 3.81. The highest BCUT2D eigenvalue weighted by Gasteiger charge is 2.23. The molecular formula is C23H41N5O2. The van der Waals surface area contributed by atoms with E-state index in [0.29, 0.717) is 0 Å². The molecule has 1 aliphatic rings. The molecule has 2 rings (SSSR count). The predicted molar refractivity (Wildman–Crippen MR) is 125 cm³/mol. The Balaban J connectivity index is 1.97. The van der Waals surface area contributed by atoms with E-state index in [9.17, 15) is 0 Å². The third kappa shape index (κ3) is 8.50. The molecule has 0 aromatic heterocycles. The summed E-state index contributed by atoms with van der Waals surface area (Å²) < 4.78 is 10.6. The van der Waals surface area contributed by atoms with Crippen LogP contribution in [0.4, 0.5) is 0 Å². The molecule has 7 nitrogen and oxygen atoms in total. The first-order valence-corrected chi connectivity index (χ1v) is 11.3. The summed E-state index contributed by atoms with van der Waals surface area (Å²) in [5.41, 5.74) is 1.27. The quantitative estimate of drug-likeness (QED) is 0.291. The van der Waals surface area contributed by atoms with Crippen LogP contribution in [0.2, 0.25) is 0 Å².